The van der Waals surface area contributed by atoms with Gasteiger partial charge in [-0.15, -0.1) is 11.8 Å². The van der Waals surface area contributed by atoms with Crippen molar-refractivity contribution < 1.29 is 19.4 Å². The Morgan fingerprint density at radius 1 is 1.12 bits per heavy atom. The Morgan fingerprint density at radius 2 is 1.82 bits per heavy atom. The Morgan fingerprint density at radius 3 is 2.50 bits per heavy atom. The minimum absolute atomic E-state index is 0.0388. The summed E-state index contributed by atoms with van der Waals surface area (Å²) in [6.07, 6.45) is 10.0. The zero-order valence-electron chi connectivity index (χ0n) is 22.2. The van der Waals surface area contributed by atoms with E-state index in [0.29, 0.717) is 24.4 Å². The fourth-order valence-corrected chi connectivity index (χ4v) is 7.60. The number of ether oxygens (including phenoxy) is 1. The molecule has 0 aromatic rings. The number of carbonyl (C=O) groups excluding carboxylic acids is 2. The van der Waals surface area contributed by atoms with Crippen LogP contribution in [-0.2, 0) is 14.3 Å². The molecular weight excluding hydrogens is 446 g/mol. The predicted molar refractivity (Wildman–Crippen MR) is 140 cm³/mol. The third-order valence-electron chi connectivity index (χ3n) is 8.93. The normalized spacial score (nSPS) is 32.8. The van der Waals surface area contributed by atoms with Crippen molar-refractivity contribution in [3.8, 4) is 0 Å². The lowest BCUT2D eigenvalue weighted by Gasteiger charge is -2.52. The molecule has 1 N–H and O–H groups in total. The van der Waals surface area contributed by atoms with Crippen molar-refractivity contribution in [2.75, 3.05) is 31.1 Å². The van der Waals surface area contributed by atoms with Crippen LogP contribution in [0, 0.1) is 22.7 Å². The molecule has 0 saturated heterocycles. The highest BCUT2D eigenvalue weighted by molar-refractivity contribution is 7.99. The molecule has 5 nitrogen and oxygen atoms in total. The number of carbonyl (C=O) groups is 2. The van der Waals surface area contributed by atoms with E-state index in [1.165, 1.54) is 25.7 Å². The van der Waals surface area contributed by atoms with Gasteiger partial charge >= 0.3 is 5.97 Å². The SMILES string of the molecule is CCCCN(CCCC)CCSCC(=O)O[C@@H]1CC(C)(C)[C@@H](O)CC23CCCC1C2C(=O)CC3. The topological polar surface area (TPSA) is 66.8 Å². The molecule has 3 unspecified atom stereocenters. The Labute approximate surface area is 212 Å². The first-order valence-electron chi connectivity index (χ1n) is 13.9. The highest BCUT2D eigenvalue weighted by Gasteiger charge is 2.58. The van der Waals surface area contributed by atoms with Gasteiger partial charge in [-0.25, -0.2) is 0 Å². The number of esters is 1. The molecular formula is C28H49NO4S. The number of Topliss-reactive ketones (excluding diaryl/α,β-unsaturated/α-hetero) is 1. The summed E-state index contributed by atoms with van der Waals surface area (Å²) >= 11 is 1.66. The van der Waals surface area contributed by atoms with Crippen LogP contribution in [0.25, 0.3) is 0 Å². The van der Waals surface area contributed by atoms with Crippen molar-refractivity contribution in [2.24, 2.45) is 22.7 Å². The van der Waals surface area contributed by atoms with Crippen LogP contribution in [0.15, 0.2) is 0 Å². The Hall–Kier alpha value is -0.590. The fraction of sp³-hybridized carbons (Fsp3) is 0.929. The van der Waals surface area contributed by atoms with Crippen molar-refractivity contribution in [1.29, 1.82) is 0 Å². The summed E-state index contributed by atoms with van der Waals surface area (Å²) in [6, 6.07) is 0. The molecule has 0 aromatic heterocycles. The molecule has 34 heavy (non-hydrogen) atoms. The standard InChI is InChI=1S/C28H49NO4S/c1-5-7-14-29(15-8-6-2)16-17-34-20-25(32)33-23-18-27(3,4)24(31)19-28-12-9-10-21(23)26(28)22(30)11-13-28/h21,23-24,26,31H,5-20H2,1-4H3/t21?,23-,24+,26?,28?/m1/s1. The molecule has 0 heterocycles. The summed E-state index contributed by atoms with van der Waals surface area (Å²) in [4.78, 5) is 28.4. The van der Waals surface area contributed by atoms with E-state index in [2.05, 4.69) is 32.6 Å². The Kier molecular flexibility index (Phi) is 10.4. The zero-order valence-corrected chi connectivity index (χ0v) is 23.0. The number of ketones is 1. The van der Waals surface area contributed by atoms with Gasteiger partial charge in [0.25, 0.3) is 0 Å². The van der Waals surface area contributed by atoms with E-state index in [9.17, 15) is 14.7 Å². The first-order chi connectivity index (χ1) is 16.2. The van der Waals surface area contributed by atoms with E-state index in [1.807, 2.05) is 0 Å². The quantitative estimate of drug-likeness (QED) is 0.286. The van der Waals surface area contributed by atoms with Gasteiger partial charge in [0.15, 0.2) is 0 Å². The maximum absolute atomic E-state index is 13.0. The predicted octanol–water partition coefficient (Wildman–Crippen LogP) is 5.48. The summed E-state index contributed by atoms with van der Waals surface area (Å²) in [6.45, 7) is 11.9. The van der Waals surface area contributed by atoms with Crippen LogP contribution >= 0.6 is 11.8 Å². The van der Waals surface area contributed by atoms with E-state index in [-0.39, 0.29) is 34.7 Å². The number of hydrogen-bond donors (Lipinski definition) is 1. The minimum Gasteiger partial charge on any atom is -0.461 e. The summed E-state index contributed by atoms with van der Waals surface area (Å²) in [5, 5.41) is 11.1. The third-order valence-corrected chi connectivity index (χ3v) is 9.84. The van der Waals surface area contributed by atoms with Crippen molar-refractivity contribution in [3.63, 3.8) is 0 Å². The van der Waals surface area contributed by atoms with Gasteiger partial charge in [0.1, 0.15) is 11.9 Å². The van der Waals surface area contributed by atoms with Gasteiger partial charge in [0.2, 0.25) is 0 Å². The molecule has 0 spiro atoms. The Balaban J connectivity index is 1.58. The first kappa shape index (κ1) is 28.0. The van der Waals surface area contributed by atoms with Crippen LogP contribution in [-0.4, -0.2) is 65.1 Å². The van der Waals surface area contributed by atoms with Gasteiger partial charge < -0.3 is 14.7 Å². The first-order valence-corrected chi connectivity index (χ1v) is 15.1. The van der Waals surface area contributed by atoms with Crippen molar-refractivity contribution >= 4 is 23.5 Å². The van der Waals surface area contributed by atoms with Crippen molar-refractivity contribution in [3.05, 3.63) is 0 Å². The maximum Gasteiger partial charge on any atom is 0.316 e. The Bertz CT molecular complexity index is 675. The molecule has 3 aliphatic rings. The smallest absolute Gasteiger partial charge is 0.316 e. The van der Waals surface area contributed by atoms with Gasteiger partial charge in [-0.05, 0) is 68.9 Å². The van der Waals surface area contributed by atoms with E-state index in [4.69, 9.17) is 4.74 Å². The van der Waals surface area contributed by atoms with Gasteiger partial charge in [-0.3, -0.25) is 9.59 Å². The summed E-state index contributed by atoms with van der Waals surface area (Å²) in [5.74, 6) is 1.56. The van der Waals surface area contributed by atoms with E-state index in [0.717, 1.165) is 57.5 Å². The van der Waals surface area contributed by atoms with Gasteiger partial charge in [-0.1, -0.05) is 47.0 Å². The molecule has 0 amide bonds. The molecule has 6 heteroatoms. The molecule has 3 fully saturated rings. The average molecular weight is 496 g/mol. The van der Waals surface area contributed by atoms with Crippen molar-refractivity contribution in [1.82, 2.24) is 4.90 Å². The molecule has 0 aliphatic heterocycles. The van der Waals surface area contributed by atoms with Crippen LogP contribution in [0.4, 0.5) is 0 Å². The van der Waals surface area contributed by atoms with Gasteiger partial charge in [0.05, 0.1) is 11.9 Å². The monoisotopic (exact) mass is 495 g/mol. The second-order valence-corrected chi connectivity index (χ2v) is 13.0. The highest BCUT2D eigenvalue weighted by Crippen LogP contribution is 2.59. The molecule has 196 valence electrons. The van der Waals surface area contributed by atoms with Gasteiger partial charge in [-0.2, -0.15) is 0 Å². The summed E-state index contributed by atoms with van der Waals surface area (Å²) < 4.78 is 6.15. The lowest BCUT2D eigenvalue weighted by molar-refractivity contribution is -0.166. The van der Waals surface area contributed by atoms with E-state index >= 15 is 0 Å². The maximum atomic E-state index is 13.0. The molecule has 5 atom stereocenters. The highest BCUT2D eigenvalue weighted by atomic mass is 32.2. The van der Waals surface area contributed by atoms with Gasteiger partial charge in [0, 0.05) is 30.6 Å². The third kappa shape index (κ3) is 6.79. The van der Waals surface area contributed by atoms with Crippen molar-refractivity contribution in [2.45, 2.75) is 111 Å². The van der Waals surface area contributed by atoms with Crippen LogP contribution < -0.4 is 0 Å². The average Bonchev–Trinajstić information content (AvgIpc) is 3.13. The summed E-state index contributed by atoms with van der Waals surface area (Å²) in [5.41, 5.74) is -0.409. The molecule has 0 radical (unpaired) electrons. The number of aliphatic hydroxyl groups is 1. The largest absolute Gasteiger partial charge is 0.461 e. The lowest BCUT2D eigenvalue weighted by atomic mass is 9.55. The number of rotatable bonds is 12. The number of hydrogen-bond acceptors (Lipinski definition) is 6. The molecule has 3 rings (SSSR count). The van der Waals surface area contributed by atoms with Crippen LogP contribution in [0.5, 0.6) is 0 Å². The van der Waals surface area contributed by atoms with Crippen LogP contribution in [0.1, 0.15) is 98.3 Å². The second kappa shape index (κ2) is 12.6. The number of thioether (sulfide) groups is 1. The number of aliphatic hydroxyl groups excluding tert-OH is 1. The number of nitrogens with zero attached hydrogens (tertiary/aromatic N) is 1. The zero-order chi connectivity index (χ0) is 24.8. The van der Waals surface area contributed by atoms with Crippen LogP contribution in [0.2, 0.25) is 0 Å². The molecule has 3 saturated carbocycles. The molecule has 2 bridgehead atoms. The van der Waals surface area contributed by atoms with E-state index < -0.39 is 6.10 Å². The second-order valence-electron chi connectivity index (χ2n) is 11.9. The molecule has 0 aromatic carbocycles. The summed E-state index contributed by atoms with van der Waals surface area (Å²) in [7, 11) is 0. The molecule has 3 aliphatic carbocycles. The van der Waals surface area contributed by atoms with E-state index in [1.54, 1.807) is 11.8 Å². The fourth-order valence-electron chi connectivity index (χ4n) is 6.83. The van der Waals surface area contributed by atoms with Crippen LogP contribution in [0.3, 0.4) is 0 Å². The minimum atomic E-state index is -0.465. The lowest BCUT2D eigenvalue weighted by Crippen LogP contribution is -2.52. The number of unbranched alkanes of at least 4 members (excludes halogenated alkanes) is 2.